The Balaban J connectivity index is 1.14. The second kappa shape index (κ2) is 16.0. The van der Waals surface area contributed by atoms with Crippen LogP contribution in [0.5, 0.6) is 0 Å². The molecule has 4 nitrogen and oxygen atoms in total. The highest BCUT2D eigenvalue weighted by atomic mass is 15.1. The Hall–Kier alpha value is -8.34. The van der Waals surface area contributed by atoms with Crippen molar-refractivity contribution in [1.29, 1.82) is 0 Å². The van der Waals surface area contributed by atoms with Crippen LogP contribution in [0.2, 0.25) is 0 Å². The summed E-state index contributed by atoms with van der Waals surface area (Å²) in [5.74, 6) is 0. The topological polar surface area (TPSA) is 16.3 Å². The highest BCUT2D eigenvalue weighted by Gasteiger charge is 2.20. The summed E-state index contributed by atoms with van der Waals surface area (Å²) in [5, 5.41) is 1.22. The lowest BCUT2D eigenvalue weighted by Gasteiger charge is -2.25. The van der Waals surface area contributed by atoms with E-state index >= 15 is 0 Å². The third-order valence-corrected chi connectivity index (χ3v) is 11.0. The van der Waals surface area contributed by atoms with Crippen LogP contribution in [0.25, 0.3) is 55.7 Å². The molecule has 294 valence electrons. The Morgan fingerprint density at radius 3 is 0.903 bits per heavy atom. The van der Waals surface area contributed by atoms with E-state index < -0.39 is 36.3 Å². The van der Waals surface area contributed by atoms with Gasteiger partial charge in [-0.3, -0.25) is 0 Å². The molecule has 0 saturated heterocycles. The number of benzene rings is 9. The zero-order chi connectivity index (χ0) is 49.9. The monoisotopic (exact) mass is 804 g/mol. The molecule has 0 aliphatic rings. The molecule has 0 aliphatic heterocycles. The minimum Gasteiger partial charge on any atom is -0.311 e. The third-order valence-electron chi connectivity index (χ3n) is 11.0. The number of hydrogen-bond donors (Lipinski definition) is 0. The normalized spacial score (nSPS) is 13.5. The molecular formula is C58H42N4. The number of hydrogen-bond acceptors (Lipinski definition) is 2. The Morgan fingerprint density at radius 2 is 0.597 bits per heavy atom. The molecule has 2 heterocycles. The van der Waals surface area contributed by atoms with Crippen LogP contribution in [0.1, 0.15) is 13.7 Å². The van der Waals surface area contributed by atoms with Crippen molar-refractivity contribution in [3.8, 4) is 33.9 Å². The van der Waals surface area contributed by atoms with Crippen molar-refractivity contribution in [2.24, 2.45) is 0 Å². The van der Waals surface area contributed by atoms with E-state index in [-0.39, 0.29) is 35.5 Å². The SMILES string of the molecule is [2H]c1c([2H])c([2H])c(-n2c(-c3ccc(N(c4ccccc4)c4ccccc4)cc3)cc3cc4c(cc(-c5ccc(N(c6ccccc6)c6ccccc6)cc5)n4-c4c([2H])c([2H])c([2H])c([2H])c4[2H])cc32)c([2H])c1[2H]. The van der Waals surface area contributed by atoms with Gasteiger partial charge >= 0.3 is 0 Å². The van der Waals surface area contributed by atoms with Gasteiger partial charge in [-0.25, -0.2) is 0 Å². The van der Waals surface area contributed by atoms with E-state index in [0.29, 0.717) is 44.3 Å². The van der Waals surface area contributed by atoms with Crippen molar-refractivity contribution >= 4 is 55.9 Å². The van der Waals surface area contributed by atoms with Crippen molar-refractivity contribution < 1.29 is 13.7 Å². The smallest absolute Gasteiger partial charge is 0.0645 e. The lowest BCUT2D eigenvalue weighted by molar-refractivity contribution is 1.13. The van der Waals surface area contributed by atoms with Crippen molar-refractivity contribution in [1.82, 2.24) is 9.13 Å². The first-order chi connectivity index (χ1) is 34.9. The molecule has 0 bridgehead atoms. The van der Waals surface area contributed by atoms with E-state index in [1.807, 2.05) is 194 Å². The number of aromatic nitrogens is 2. The summed E-state index contributed by atoms with van der Waals surface area (Å²) in [6.07, 6.45) is 0. The van der Waals surface area contributed by atoms with Crippen LogP contribution in [0, 0.1) is 0 Å². The van der Waals surface area contributed by atoms with E-state index in [2.05, 4.69) is 9.80 Å². The summed E-state index contributed by atoms with van der Waals surface area (Å²) < 4.78 is 92.1. The zero-order valence-electron chi connectivity index (χ0n) is 43.3. The minimum atomic E-state index is -0.512. The van der Waals surface area contributed by atoms with Crippen LogP contribution in [0.3, 0.4) is 0 Å². The molecule has 11 aromatic rings. The van der Waals surface area contributed by atoms with Gasteiger partial charge < -0.3 is 18.9 Å². The van der Waals surface area contributed by atoms with Gasteiger partial charge in [-0.1, -0.05) is 133 Å². The van der Waals surface area contributed by atoms with E-state index in [1.54, 1.807) is 9.13 Å². The number of rotatable bonds is 10. The molecule has 4 heteroatoms. The molecule has 0 amide bonds. The summed E-state index contributed by atoms with van der Waals surface area (Å²) in [6.45, 7) is 0. The number of nitrogens with zero attached hydrogens (tertiary/aromatic N) is 4. The van der Waals surface area contributed by atoms with Gasteiger partial charge in [0.1, 0.15) is 0 Å². The predicted octanol–water partition coefficient (Wildman–Crippen LogP) is 15.8. The Kier molecular flexibility index (Phi) is 7.09. The van der Waals surface area contributed by atoms with Gasteiger partial charge in [0.15, 0.2) is 0 Å². The average Bonchev–Trinajstić information content (AvgIpc) is 3.97. The van der Waals surface area contributed by atoms with Gasteiger partial charge in [0, 0.05) is 56.3 Å². The molecule has 0 saturated carbocycles. The Bertz CT molecular complexity index is 3450. The summed E-state index contributed by atoms with van der Waals surface area (Å²) >= 11 is 0. The summed E-state index contributed by atoms with van der Waals surface area (Å²) in [4.78, 5) is 4.26. The molecule has 0 N–H and O–H groups in total. The maximum atomic E-state index is 9.21. The fourth-order valence-electron chi connectivity index (χ4n) is 8.29. The van der Waals surface area contributed by atoms with Crippen molar-refractivity contribution in [3.05, 3.63) is 255 Å². The molecule has 0 aliphatic carbocycles. The molecule has 2 aromatic heterocycles. The minimum absolute atomic E-state index is 0.0353. The molecule has 11 rings (SSSR count). The van der Waals surface area contributed by atoms with Crippen LogP contribution >= 0.6 is 0 Å². The molecule has 0 unspecified atom stereocenters. The lowest BCUT2D eigenvalue weighted by Crippen LogP contribution is -2.09. The van der Waals surface area contributed by atoms with Crippen molar-refractivity contribution in [2.75, 3.05) is 9.80 Å². The van der Waals surface area contributed by atoms with Crippen LogP contribution in [0.4, 0.5) is 34.1 Å². The standard InChI is InChI=1S/C58H42N4/c1-7-19-47(20-8-1)59(48-21-9-2-10-22-48)53-35-31-43(32-36-53)55-39-45-41-58-46(42-57(45)61(55)51-27-15-5-16-28-51)40-56(62(58)52-29-17-6-18-30-52)44-33-37-54(38-34-44)60(49-23-11-3-12-24-49)50-25-13-4-14-26-50/h1-42H/i5D,6D,15D,16D,17D,18D,27D,28D,29D,30D. The lowest BCUT2D eigenvalue weighted by atomic mass is 10.1. The highest BCUT2D eigenvalue weighted by Crippen LogP contribution is 2.41. The van der Waals surface area contributed by atoms with E-state index in [0.717, 1.165) is 34.1 Å². The van der Waals surface area contributed by atoms with Gasteiger partial charge in [0.05, 0.1) is 36.1 Å². The molecule has 0 fully saturated rings. The quantitative estimate of drug-likeness (QED) is 0.137. The van der Waals surface area contributed by atoms with Crippen LogP contribution in [0.15, 0.2) is 255 Å². The van der Waals surface area contributed by atoms with Crippen molar-refractivity contribution in [3.63, 3.8) is 0 Å². The molecular weight excluding hydrogens is 753 g/mol. The average molecular weight is 805 g/mol. The predicted molar refractivity (Wildman–Crippen MR) is 260 cm³/mol. The number of para-hydroxylation sites is 6. The summed E-state index contributed by atoms with van der Waals surface area (Å²) in [5.41, 5.74) is 9.00. The summed E-state index contributed by atoms with van der Waals surface area (Å²) in [7, 11) is 0. The van der Waals surface area contributed by atoms with E-state index in [9.17, 15) is 5.48 Å². The van der Waals surface area contributed by atoms with Crippen molar-refractivity contribution in [2.45, 2.75) is 0 Å². The Morgan fingerprint density at radius 1 is 0.306 bits per heavy atom. The molecule has 0 radical (unpaired) electrons. The first-order valence-corrected chi connectivity index (χ1v) is 20.3. The molecule has 9 aromatic carbocycles. The van der Waals surface area contributed by atoms with E-state index in [4.69, 9.17) is 8.22 Å². The molecule has 0 atom stereocenters. The zero-order valence-corrected chi connectivity index (χ0v) is 33.3. The molecule has 62 heavy (non-hydrogen) atoms. The first kappa shape index (κ1) is 27.4. The van der Waals surface area contributed by atoms with Crippen LogP contribution in [-0.2, 0) is 0 Å². The number of fused-ring (bicyclic) bond motifs is 2. The second-order valence-electron chi connectivity index (χ2n) is 14.8. The van der Waals surface area contributed by atoms with Gasteiger partial charge in [0.25, 0.3) is 0 Å². The highest BCUT2D eigenvalue weighted by molar-refractivity contribution is 6.02. The largest absolute Gasteiger partial charge is 0.311 e. The van der Waals surface area contributed by atoms with E-state index in [1.165, 1.54) is 0 Å². The second-order valence-corrected chi connectivity index (χ2v) is 14.8. The van der Waals surface area contributed by atoms with Gasteiger partial charge in [0.2, 0.25) is 0 Å². The van der Waals surface area contributed by atoms with Crippen LogP contribution < -0.4 is 9.80 Å². The Labute approximate surface area is 376 Å². The summed E-state index contributed by atoms with van der Waals surface area (Å²) in [6, 6.07) is 58.7. The van der Waals surface area contributed by atoms with Gasteiger partial charge in [-0.2, -0.15) is 0 Å². The van der Waals surface area contributed by atoms with Gasteiger partial charge in [-0.15, -0.1) is 0 Å². The van der Waals surface area contributed by atoms with Gasteiger partial charge in [-0.05, 0) is 132 Å². The number of anilines is 6. The third kappa shape index (κ3) is 6.80. The van der Waals surface area contributed by atoms with Crippen LogP contribution in [-0.4, -0.2) is 9.13 Å². The molecule has 0 spiro atoms. The maximum absolute atomic E-state index is 9.21. The fraction of sp³-hybridized carbons (Fsp3) is 0. The first-order valence-electron chi connectivity index (χ1n) is 25.3. The fourth-order valence-corrected chi connectivity index (χ4v) is 8.29. The maximum Gasteiger partial charge on any atom is 0.0645 e.